The van der Waals surface area contributed by atoms with Gasteiger partial charge >= 0.3 is 0 Å². The summed E-state index contributed by atoms with van der Waals surface area (Å²) in [5.74, 6) is -0.296. The third-order valence-corrected chi connectivity index (χ3v) is 2.75. The van der Waals surface area contributed by atoms with E-state index in [9.17, 15) is 13.2 Å². The lowest BCUT2D eigenvalue weighted by Gasteiger charge is -2.35. The van der Waals surface area contributed by atoms with Crippen LogP contribution in [0, 0.1) is 0 Å². The molecule has 1 rings (SSSR count). The topological polar surface area (TPSA) is 54.5 Å². The van der Waals surface area contributed by atoms with Crippen LogP contribution in [-0.4, -0.2) is 30.9 Å². The molecule has 1 atom stereocenters. The maximum Gasteiger partial charge on any atom is 0.238 e. The largest absolute Gasteiger partial charge is 0.274 e. The molecule has 1 heterocycles. The van der Waals surface area contributed by atoms with Gasteiger partial charge in [0.1, 0.15) is 0 Å². The zero-order chi connectivity index (χ0) is 7.94. The van der Waals surface area contributed by atoms with Crippen LogP contribution in [0.4, 0.5) is 0 Å². The first-order chi connectivity index (χ1) is 4.43. The van der Waals surface area contributed by atoms with E-state index < -0.39 is 10.0 Å². The quantitative estimate of drug-likeness (QED) is 0.493. The molecule has 0 unspecified atom stereocenters. The van der Waals surface area contributed by atoms with Gasteiger partial charge in [-0.15, -0.1) is 0 Å². The molecule has 4 nitrogen and oxygen atoms in total. The first-order valence-corrected chi connectivity index (χ1v) is 4.80. The highest BCUT2D eigenvalue weighted by Crippen LogP contribution is 2.21. The van der Waals surface area contributed by atoms with Crippen molar-refractivity contribution in [3.8, 4) is 0 Å². The van der Waals surface area contributed by atoms with E-state index in [4.69, 9.17) is 0 Å². The number of sulfonamides is 1. The highest BCUT2D eigenvalue weighted by atomic mass is 32.2. The molecule has 0 aromatic rings. The van der Waals surface area contributed by atoms with Gasteiger partial charge in [-0.05, 0) is 6.92 Å². The number of hydrogen-bond donors (Lipinski definition) is 0. The van der Waals surface area contributed by atoms with Gasteiger partial charge in [-0.3, -0.25) is 4.79 Å². The molecule has 5 heteroatoms. The Balaban J connectivity index is 2.84. The molecular weight excluding hydrogens is 154 g/mol. The second-order valence-electron chi connectivity index (χ2n) is 2.51. The third-order valence-electron chi connectivity index (χ3n) is 1.47. The Morgan fingerprint density at radius 2 is 2.10 bits per heavy atom. The summed E-state index contributed by atoms with van der Waals surface area (Å²) in [6, 6.07) is -0.137. The van der Waals surface area contributed by atoms with Gasteiger partial charge in [-0.2, -0.15) is 0 Å². The van der Waals surface area contributed by atoms with Crippen molar-refractivity contribution in [2.45, 2.75) is 19.4 Å². The Morgan fingerprint density at radius 3 is 2.20 bits per heavy atom. The fourth-order valence-corrected chi connectivity index (χ4v) is 2.24. The van der Waals surface area contributed by atoms with Crippen molar-refractivity contribution in [2.24, 2.45) is 0 Å². The van der Waals surface area contributed by atoms with E-state index in [1.807, 2.05) is 0 Å². The van der Waals surface area contributed by atoms with E-state index >= 15 is 0 Å². The molecule has 10 heavy (non-hydrogen) atoms. The van der Waals surface area contributed by atoms with Crippen molar-refractivity contribution < 1.29 is 13.2 Å². The second-order valence-corrected chi connectivity index (χ2v) is 4.37. The van der Waals surface area contributed by atoms with Crippen LogP contribution in [0.15, 0.2) is 0 Å². The van der Waals surface area contributed by atoms with Crippen LogP contribution in [0.25, 0.3) is 0 Å². The predicted molar refractivity (Wildman–Crippen MR) is 35.8 cm³/mol. The fourth-order valence-electron chi connectivity index (χ4n) is 1.07. The van der Waals surface area contributed by atoms with Crippen LogP contribution in [0.3, 0.4) is 0 Å². The predicted octanol–water partition coefficient (Wildman–Crippen LogP) is -0.433. The van der Waals surface area contributed by atoms with E-state index in [-0.39, 0.29) is 11.9 Å². The molecule has 1 aliphatic heterocycles. The molecule has 0 saturated carbocycles. The summed E-state index contributed by atoms with van der Waals surface area (Å²) in [5, 5.41) is 0. The molecule has 1 saturated heterocycles. The molecule has 0 spiro atoms. The molecule has 0 radical (unpaired) electrons. The molecule has 0 bridgehead atoms. The van der Waals surface area contributed by atoms with E-state index in [1.54, 1.807) is 6.92 Å². The average Bonchev–Trinajstić information content (AvgIpc) is 1.58. The minimum Gasteiger partial charge on any atom is -0.274 e. The maximum absolute atomic E-state index is 10.7. The van der Waals surface area contributed by atoms with E-state index in [2.05, 4.69) is 0 Å². The number of amides is 1. The van der Waals surface area contributed by atoms with Gasteiger partial charge in [0.2, 0.25) is 15.9 Å². The summed E-state index contributed by atoms with van der Waals surface area (Å²) in [6.45, 7) is 1.71. The Hall–Kier alpha value is -0.580. The molecular formula is C5H9NO3S. The lowest BCUT2D eigenvalue weighted by Crippen LogP contribution is -2.53. The van der Waals surface area contributed by atoms with Crippen LogP contribution in [0.1, 0.15) is 13.3 Å². The number of nitrogens with zero attached hydrogens (tertiary/aromatic N) is 1. The Morgan fingerprint density at radius 1 is 1.60 bits per heavy atom. The first kappa shape index (κ1) is 7.53. The number of hydrogen-bond acceptors (Lipinski definition) is 3. The highest BCUT2D eigenvalue weighted by molar-refractivity contribution is 7.89. The van der Waals surface area contributed by atoms with Gasteiger partial charge in [-0.25, -0.2) is 12.7 Å². The van der Waals surface area contributed by atoms with Crippen molar-refractivity contribution in [2.75, 3.05) is 6.26 Å². The maximum atomic E-state index is 10.7. The standard InChI is InChI=1S/C5H9NO3S/c1-4-3-5(7)6(4)10(2,8)9/h4H,3H2,1-2H3/t4-/m1/s1. The molecule has 0 aliphatic carbocycles. The lowest BCUT2D eigenvalue weighted by molar-refractivity contribution is -0.136. The van der Waals surface area contributed by atoms with Crippen molar-refractivity contribution in [3.63, 3.8) is 0 Å². The number of carbonyl (C=O) groups excluding carboxylic acids is 1. The number of carbonyl (C=O) groups is 1. The lowest BCUT2D eigenvalue weighted by atomic mass is 10.1. The second kappa shape index (κ2) is 1.95. The smallest absolute Gasteiger partial charge is 0.238 e. The van der Waals surface area contributed by atoms with Gasteiger partial charge in [0.15, 0.2) is 0 Å². The summed E-state index contributed by atoms with van der Waals surface area (Å²) in [6.07, 6.45) is 1.40. The van der Waals surface area contributed by atoms with Gasteiger partial charge in [0.05, 0.1) is 12.3 Å². The third kappa shape index (κ3) is 1.01. The van der Waals surface area contributed by atoms with E-state index in [1.165, 1.54) is 0 Å². The summed E-state index contributed by atoms with van der Waals surface area (Å²) >= 11 is 0. The molecule has 0 aromatic heterocycles. The summed E-state index contributed by atoms with van der Waals surface area (Å²) in [7, 11) is -3.28. The zero-order valence-electron chi connectivity index (χ0n) is 5.86. The molecule has 0 aromatic carbocycles. The Bertz CT molecular complexity index is 256. The van der Waals surface area contributed by atoms with Crippen LogP contribution >= 0.6 is 0 Å². The van der Waals surface area contributed by atoms with Crippen LogP contribution in [0.5, 0.6) is 0 Å². The van der Waals surface area contributed by atoms with Gasteiger partial charge in [0, 0.05) is 6.42 Å². The molecule has 1 fully saturated rings. The zero-order valence-corrected chi connectivity index (χ0v) is 6.68. The minimum atomic E-state index is -3.28. The number of β-lactam (4-membered cyclic amide) rings is 1. The molecule has 1 amide bonds. The highest BCUT2D eigenvalue weighted by Gasteiger charge is 2.38. The van der Waals surface area contributed by atoms with E-state index in [0.29, 0.717) is 6.42 Å². The van der Waals surface area contributed by atoms with Gasteiger partial charge in [0.25, 0.3) is 0 Å². The molecule has 1 aliphatic rings. The van der Waals surface area contributed by atoms with Crippen molar-refractivity contribution >= 4 is 15.9 Å². The van der Waals surface area contributed by atoms with Gasteiger partial charge in [-0.1, -0.05) is 0 Å². The fraction of sp³-hybridized carbons (Fsp3) is 0.800. The van der Waals surface area contributed by atoms with Crippen LogP contribution < -0.4 is 0 Å². The van der Waals surface area contributed by atoms with Crippen molar-refractivity contribution in [1.29, 1.82) is 0 Å². The van der Waals surface area contributed by atoms with Gasteiger partial charge < -0.3 is 0 Å². The van der Waals surface area contributed by atoms with E-state index in [0.717, 1.165) is 10.6 Å². The first-order valence-electron chi connectivity index (χ1n) is 2.95. The van der Waals surface area contributed by atoms with Crippen LogP contribution in [0.2, 0.25) is 0 Å². The summed E-state index contributed by atoms with van der Waals surface area (Å²) in [4.78, 5) is 10.6. The average molecular weight is 163 g/mol. The van der Waals surface area contributed by atoms with Crippen molar-refractivity contribution in [1.82, 2.24) is 4.31 Å². The SMILES string of the molecule is C[C@@H]1CC(=O)N1S(C)(=O)=O. The summed E-state index contributed by atoms with van der Waals surface area (Å²) < 4.78 is 22.4. The normalized spacial score (nSPS) is 26.4. The number of rotatable bonds is 1. The minimum absolute atomic E-state index is 0.137. The Kier molecular flexibility index (Phi) is 1.47. The molecule has 0 N–H and O–H groups in total. The Labute approximate surface area is 59.9 Å². The van der Waals surface area contributed by atoms with Crippen LogP contribution in [-0.2, 0) is 14.8 Å². The monoisotopic (exact) mass is 163 g/mol. The summed E-state index contributed by atoms with van der Waals surface area (Å²) in [5.41, 5.74) is 0. The molecule has 58 valence electrons. The van der Waals surface area contributed by atoms with Crippen molar-refractivity contribution in [3.05, 3.63) is 0 Å².